The summed E-state index contributed by atoms with van der Waals surface area (Å²) in [7, 11) is 4.16. The molecule has 2 nitrogen and oxygen atoms in total. The van der Waals surface area contributed by atoms with Gasteiger partial charge in [0.1, 0.15) is 0 Å². The molecule has 1 rings (SSSR count). The third kappa shape index (κ3) is 3.33. The average molecular weight is 181 g/mol. The Morgan fingerprint density at radius 1 is 1.38 bits per heavy atom. The minimum Gasteiger partial charge on any atom is -0.389 e. The van der Waals surface area contributed by atoms with Crippen LogP contribution in [-0.2, 0) is 0 Å². The highest BCUT2D eigenvalue weighted by Crippen LogP contribution is 2.20. The van der Waals surface area contributed by atoms with Gasteiger partial charge in [0.25, 0.3) is 0 Å². The Morgan fingerprint density at radius 3 is 2.46 bits per heavy atom. The standard InChI is InChI=1S/C11H19NO/c1-9(13)11-6-4-10(5-7-11)8-12(2)3/h4,6,9,13H,5,7-8H2,1-3H3. The highest BCUT2D eigenvalue weighted by atomic mass is 16.3. The second-order valence-corrected chi connectivity index (χ2v) is 3.98. The fourth-order valence-corrected chi connectivity index (χ4v) is 1.58. The second-order valence-electron chi connectivity index (χ2n) is 3.98. The third-order valence-electron chi connectivity index (χ3n) is 2.32. The predicted molar refractivity (Wildman–Crippen MR) is 55.6 cm³/mol. The number of nitrogens with zero attached hydrogens (tertiary/aromatic N) is 1. The molecule has 74 valence electrons. The van der Waals surface area contributed by atoms with Crippen LogP contribution in [0.2, 0.25) is 0 Å². The van der Waals surface area contributed by atoms with E-state index in [-0.39, 0.29) is 6.10 Å². The Bertz CT molecular complexity index is 226. The summed E-state index contributed by atoms with van der Waals surface area (Å²) in [6.45, 7) is 2.86. The molecule has 0 radical (unpaired) electrons. The largest absolute Gasteiger partial charge is 0.389 e. The smallest absolute Gasteiger partial charge is 0.0725 e. The van der Waals surface area contributed by atoms with Crippen LogP contribution in [0.15, 0.2) is 23.3 Å². The van der Waals surface area contributed by atoms with E-state index < -0.39 is 0 Å². The molecule has 0 heterocycles. The fraction of sp³-hybridized carbons (Fsp3) is 0.636. The topological polar surface area (TPSA) is 23.5 Å². The molecule has 0 aliphatic heterocycles. The molecule has 1 N–H and O–H groups in total. The van der Waals surface area contributed by atoms with Crippen LogP contribution in [-0.4, -0.2) is 36.8 Å². The van der Waals surface area contributed by atoms with Crippen LogP contribution in [0.4, 0.5) is 0 Å². The molecule has 1 atom stereocenters. The van der Waals surface area contributed by atoms with Crippen molar-refractivity contribution >= 4 is 0 Å². The van der Waals surface area contributed by atoms with Gasteiger partial charge in [0.15, 0.2) is 0 Å². The Kier molecular flexibility index (Phi) is 3.70. The first-order valence-electron chi connectivity index (χ1n) is 4.81. The normalized spacial score (nSPS) is 19.8. The molecule has 0 amide bonds. The van der Waals surface area contributed by atoms with Gasteiger partial charge in [-0.25, -0.2) is 0 Å². The zero-order chi connectivity index (χ0) is 9.84. The van der Waals surface area contributed by atoms with Crippen molar-refractivity contribution in [1.82, 2.24) is 4.90 Å². The Balaban J connectivity index is 2.54. The maximum absolute atomic E-state index is 9.34. The van der Waals surface area contributed by atoms with Crippen molar-refractivity contribution in [2.24, 2.45) is 0 Å². The van der Waals surface area contributed by atoms with E-state index in [2.05, 4.69) is 31.1 Å². The van der Waals surface area contributed by atoms with Crippen LogP contribution in [0.1, 0.15) is 19.8 Å². The van der Waals surface area contributed by atoms with Crippen molar-refractivity contribution in [3.8, 4) is 0 Å². The van der Waals surface area contributed by atoms with Crippen molar-refractivity contribution in [2.75, 3.05) is 20.6 Å². The molecule has 0 spiro atoms. The maximum atomic E-state index is 9.34. The number of hydrogen-bond donors (Lipinski definition) is 1. The van der Waals surface area contributed by atoms with Gasteiger partial charge < -0.3 is 10.0 Å². The van der Waals surface area contributed by atoms with E-state index in [1.807, 2.05) is 6.92 Å². The summed E-state index contributed by atoms with van der Waals surface area (Å²) < 4.78 is 0. The summed E-state index contributed by atoms with van der Waals surface area (Å²) in [4.78, 5) is 2.17. The van der Waals surface area contributed by atoms with Gasteiger partial charge in [-0.2, -0.15) is 0 Å². The van der Waals surface area contributed by atoms with Gasteiger partial charge in [-0.1, -0.05) is 17.7 Å². The quantitative estimate of drug-likeness (QED) is 0.714. The minimum absolute atomic E-state index is 0.280. The lowest BCUT2D eigenvalue weighted by atomic mass is 9.95. The predicted octanol–water partition coefficient (Wildman–Crippen LogP) is 1.58. The van der Waals surface area contributed by atoms with Crippen LogP contribution in [0, 0.1) is 0 Å². The Hall–Kier alpha value is -0.600. The van der Waals surface area contributed by atoms with Crippen molar-refractivity contribution in [3.63, 3.8) is 0 Å². The molecular formula is C11H19NO. The molecule has 0 aromatic heterocycles. The molecule has 0 bridgehead atoms. The molecule has 0 aromatic rings. The maximum Gasteiger partial charge on any atom is 0.0725 e. The SMILES string of the molecule is CC(O)C1=CC=C(CN(C)C)CC1. The first-order chi connectivity index (χ1) is 6.09. The summed E-state index contributed by atoms with van der Waals surface area (Å²) >= 11 is 0. The molecule has 1 unspecified atom stereocenters. The van der Waals surface area contributed by atoms with Gasteiger partial charge in [0, 0.05) is 6.54 Å². The second kappa shape index (κ2) is 4.58. The number of aliphatic hydroxyl groups excluding tert-OH is 1. The van der Waals surface area contributed by atoms with Crippen LogP contribution >= 0.6 is 0 Å². The molecule has 0 saturated carbocycles. The van der Waals surface area contributed by atoms with E-state index in [0.29, 0.717) is 0 Å². The number of likely N-dealkylation sites (N-methyl/N-ethyl adjacent to an activating group) is 1. The molecule has 0 fully saturated rings. The zero-order valence-corrected chi connectivity index (χ0v) is 8.75. The first kappa shape index (κ1) is 10.5. The summed E-state index contributed by atoms with van der Waals surface area (Å²) in [6.07, 6.45) is 6.03. The summed E-state index contributed by atoms with van der Waals surface area (Å²) in [6, 6.07) is 0. The van der Waals surface area contributed by atoms with Gasteiger partial charge in [-0.3, -0.25) is 0 Å². The number of rotatable bonds is 3. The first-order valence-corrected chi connectivity index (χ1v) is 4.81. The molecule has 13 heavy (non-hydrogen) atoms. The third-order valence-corrected chi connectivity index (χ3v) is 2.32. The summed E-state index contributed by atoms with van der Waals surface area (Å²) in [5, 5.41) is 9.34. The average Bonchev–Trinajstić information content (AvgIpc) is 2.04. The number of hydrogen-bond acceptors (Lipinski definition) is 2. The van der Waals surface area contributed by atoms with Crippen molar-refractivity contribution < 1.29 is 5.11 Å². The van der Waals surface area contributed by atoms with Crippen molar-refractivity contribution in [3.05, 3.63) is 23.3 Å². The van der Waals surface area contributed by atoms with E-state index in [1.165, 1.54) is 5.57 Å². The monoisotopic (exact) mass is 181 g/mol. The Labute approximate surface area is 80.6 Å². The zero-order valence-electron chi connectivity index (χ0n) is 8.75. The lowest BCUT2D eigenvalue weighted by Crippen LogP contribution is -2.17. The summed E-state index contributed by atoms with van der Waals surface area (Å²) in [5.74, 6) is 0. The van der Waals surface area contributed by atoms with Crippen molar-refractivity contribution in [2.45, 2.75) is 25.9 Å². The number of allylic oxidation sites excluding steroid dienone is 2. The van der Waals surface area contributed by atoms with Crippen LogP contribution < -0.4 is 0 Å². The van der Waals surface area contributed by atoms with E-state index >= 15 is 0 Å². The van der Waals surface area contributed by atoms with Gasteiger partial charge in [0.2, 0.25) is 0 Å². The lowest BCUT2D eigenvalue weighted by Gasteiger charge is -2.19. The molecule has 1 aliphatic rings. The van der Waals surface area contributed by atoms with Gasteiger partial charge in [-0.05, 0) is 39.4 Å². The van der Waals surface area contributed by atoms with E-state index in [9.17, 15) is 5.11 Å². The number of aliphatic hydroxyl groups is 1. The Morgan fingerprint density at radius 2 is 2.08 bits per heavy atom. The van der Waals surface area contributed by atoms with Crippen molar-refractivity contribution in [1.29, 1.82) is 0 Å². The van der Waals surface area contributed by atoms with Gasteiger partial charge >= 0.3 is 0 Å². The highest BCUT2D eigenvalue weighted by Gasteiger charge is 2.10. The van der Waals surface area contributed by atoms with E-state index in [0.717, 1.165) is 25.0 Å². The van der Waals surface area contributed by atoms with Crippen LogP contribution in [0.25, 0.3) is 0 Å². The molecule has 0 aromatic carbocycles. The highest BCUT2D eigenvalue weighted by molar-refractivity contribution is 5.26. The molecule has 1 aliphatic carbocycles. The molecule has 2 heteroatoms. The lowest BCUT2D eigenvalue weighted by molar-refractivity contribution is 0.226. The van der Waals surface area contributed by atoms with Gasteiger partial charge in [-0.15, -0.1) is 0 Å². The fourth-order valence-electron chi connectivity index (χ4n) is 1.58. The minimum atomic E-state index is -0.280. The molecular weight excluding hydrogens is 162 g/mol. The summed E-state index contributed by atoms with van der Waals surface area (Å²) in [5.41, 5.74) is 2.61. The van der Waals surface area contributed by atoms with Crippen LogP contribution in [0.3, 0.4) is 0 Å². The molecule has 0 saturated heterocycles. The van der Waals surface area contributed by atoms with Crippen LogP contribution in [0.5, 0.6) is 0 Å². The van der Waals surface area contributed by atoms with E-state index in [1.54, 1.807) is 0 Å². The van der Waals surface area contributed by atoms with Gasteiger partial charge in [0.05, 0.1) is 6.10 Å². The van der Waals surface area contributed by atoms with E-state index in [4.69, 9.17) is 0 Å².